The van der Waals surface area contributed by atoms with Gasteiger partial charge >= 0.3 is 6.03 Å². The Morgan fingerprint density at radius 1 is 1.30 bits per heavy atom. The minimum absolute atomic E-state index is 0.0825. The van der Waals surface area contributed by atoms with E-state index in [4.69, 9.17) is 10.5 Å². The molecule has 1 aliphatic heterocycles. The number of rotatable bonds is 2. The molecule has 118 valence electrons. The van der Waals surface area contributed by atoms with E-state index in [9.17, 15) is 13.6 Å². The van der Waals surface area contributed by atoms with Gasteiger partial charge in [0.2, 0.25) is 0 Å². The smallest absolute Gasteiger partial charge is 0.320 e. The van der Waals surface area contributed by atoms with Crippen LogP contribution in [0.2, 0.25) is 0 Å². The molecular formula is C15H12F2N4O2. The van der Waals surface area contributed by atoms with Crippen LogP contribution in [0, 0.1) is 17.6 Å². The molecule has 1 aromatic heterocycles. The predicted octanol–water partition coefficient (Wildman–Crippen LogP) is 1.81. The number of aromatic nitrogens is 2. The number of fused-ring (bicyclic) bond motifs is 3. The van der Waals surface area contributed by atoms with E-state index in [-0.39, 0.29) is 29.8 Å². The van der Waals surface area contributed by atoms with Crippen LogP contribution in [0.25, 0.3) is 0 Å². The van der Waals surface area contributed by atoms with E-state index in [0.29, 0.717) is 5.82 Å². The zero-order valence-electron chi connectivity index (χ0n) is 11.8. The van der Waals surface area contributed by atoms with Gasteiger partial charge in [-0.15, -0.1) is 0 Å². The summed E-state index contributed by atoms with van der Waals surface area (Å²) in [7, 11) is 0. The number of nitrogens with two attached hydrogens (primary N) is 1. The molecular weight excluding hydrogens is 306 g/mol. The van der Waals surface area contributed by atoms with Gasteiger partial charge in [-0.1, -0.05) is 0 Å². The Labute approximate surface area is 129 Å². The largest absolute Gasteiger partial charge is 0.490 e. The summed E-state index contributed by atoms with van der Waals surface area (Å²) in [6.45, 7) is 0.192. The summed E-state index contributed by atoms with van der Waals surface area (Å²) in [5, 5.41) is 0. The molecule has 3 atom stereocenters. The summed E-state index contributed by atoms with van der Waals surface area (Å²) in [5.74, 6) is -1.44. The third-order valence-electron chi connectivity index (χ3n) is 4.32. The van der Waals surface area contributed by atoms with Crippen molar-refractivity contribution >= 4 is 11.8 Å². The van der Waals surface area contributed by atoms with Crippen LogP contribution in [0.5, 0.6) is 5.75 Å². The summed E-state index contributed by atoms with van der Waals surface area (Å²) >= 11 is 0. The van der Waals surface area contributed by atoms with Gasteiger partial charge in [-0.3, -0.25) is 4.90 Å². The van der Waals surface area contributed by atoms with Gasteiger partial charge in [-0.25, -0.2) is 23.5 Å². The fourth-order valence-electron chi connectivity index (χ4n) is 3.32. The number of anilines is 1. The second kappa shape index (κ2) is 4.87. The fourth-order valence-corrected chi connectivity index (χ4v) is 3.32. The van der Waals surface area contributed by atoms with Gasteiger partial charge in [-0.05, 0) is 18.2 Å². The molecule has 2 aromatic rings. The maximum atomic E-state index is 14.2. The summed E-state index contributed by atoms with van der Waals surface area (Å²) in [6.07, 6.45) is 2.77. The Hall–Kier alpha value is -2.77. The Bertz CT molecular complexity index is 787. The highest BCUT2D eigenvalue weighted by Gasteiger charge is 2.60. The fraction of sp³-hybridized carbons (Fsp3) is 0.267. The molecule has 2 amide bonds. The van der Waals surface area contributed by atoms with E-state index in [1.165, 1.54) is 17.4 Å². The van der Waals surface area contributed by atoms with Gasteiger partial charge in [0.1, 0.15) is 18.0 Å². The molecule has 1 fully saturated rings. The van der Waals surface area contributed by atoms with E-state index < -0.39 is 23.7 Å². The second-order valence-electron chi connectivity index (χ2n) is 5.54. The van der Waals surface area contributed by atoms with Gasteiger partial charge in [0.15, 0.2) is 11.6 Å². The summed E-state index contributed by atoms with van der Waals surface area (Å²) in [6, 6.07) is 2.51. The molecule has 1 saturated carbocycles. The highest BCUT2D eigenvalue weighted by Crippen LogP contribution is 2.58. The van der Waals surface area contributed by atoms with E-state index in [0.717, 1.165) is 12.1 Å². The number of ether oxygens (including phenoxy) is 1. The van der Waals surface area contributed by atoms with Crippen LogP contribution in [-0.2, 0) is 0 Å². The number of amides is 2. The number of primary amides is 1. The van der Waals surface area contributed by atoms with Crippen molar-refractivity contribution in [3.8, 4) is 5.75 Å². The summed E-state index contributed by atoms with van der Waals surface area (Å²) in [5.41, 5.74) is 5.63. The monoisotopic (exact) mass is 318 g/mol. The van der Waals surface area contributed by atoms with Crippen molar-refractivity contribution in [3.05, 3.63) is 47.9 Å². The molecule has 0 unspecified atom stereocenters. The summed E-state index contributed by atoms with van der Waals surface area (Å²) < 4.78 is 33.4. The van der Waals surface area contributed by atoms with Crippen LogP contribution < -0.4 is 15.4 Å². The zero-order valence-corrected chi connectivity index (χ0v) is 11.8. The molecule has 0 saturated heterocycles. The van der Waals surface area contributed by atoms with Gasteiger partial charge < -0.3 is 10.5 Å². The zero-order chi connectivity index (χ0) is 16.1. The standard InChI is InChI=1S/C15H12F2N4O2/c16-8-1-2-9(17)14-12(8)11-7(5-23-14)13(11)21(15(18)22)10-3-4-19-6-20-10/h1-4,6-7,11,13H,5H2,(H2,18,22)/t7-,11+,13+/m0/s1. The Kier molecular flexibility index (Phi) is 2.93. The number of urea groups is 1. The molecule has 4 rings (SSSR count). The molecule has 0 bridgehead atoms. The van der Waals surface area contributed by atoms with Crippen molar-refractivity contribution in [3.63, 3.8) is 0 Å². The average Bonchev–Trinajstić information content (AvgIpc) is 3.26. The number of hydrogen-bond acceptors (Lipinski definition) is 4. The highest BCUT2D eigenvalue weighted by molar-refractivity contribution is 5.91. The molecule has 2 heterocycles. The van der Waals surface area contributed by atoms with Crippen LogP contribution >= 0.6 is 0 Å². The Morgan fingerprint density at radius 2 is 2.09 bits per heavy atom. The molecule has 2 N–H and O–H groups in total. The van der Waals surface area contributed by atoms with E-state index in [1.54, 1.807) is 6.07 Å². The molecule has 6 nitrogen and oxygen atoms in total. The molecule has 0 spiro atoms. The SMILES string of the molecule is NC(=O)N(c1ccncn1)[C@@H]1[C@H]2COc3c(F)ccc(F)c3[C@@H]21. The maximum Gasteiger partial charge on any atom is 0.320 e. The molecule has 23 heavy (non-hydrogen) atoms. The lowest BCUT2D eigenvalue weighted by atomic mass is 10.0. The number of carbonyl (C=O) groups is 1. The highest BCUT2D eigenvalue weighted by atomic mass is 19.1. The number of nitrogens with zero attached hydrogens (tertiary/aromatic N) is 3. The molecule has 1 aromatic carbocycles. The van der Waals surface area contributed by atoms with Gasteiger partial charge in [0.25, 0.3) is 0 Å². The van der Waals surface area contributed by atoms with Crippen LogP contribution in [-0.4, -0.2) is 28.6 Å². The molecule has 0 radical (unpaired) electrons. The average molecular weight is 318 g/mol. The molecule has 2 aliphatic rings. The van der Waals surface area contributed by atoms with E-state index >= 15 is 0 Å². The Balaban J connectivity index is 1.75. The minimum atomic E-state index is -0.707. The van der Waals surface area contributed by atoms with Crippen LogP contribution in [0.3, 0.4) is 0 Å². The number of carbonyl (C=O) groups excluding carboxylic acids is 1. The maximum absolute atomic E-state index is 14.2. The second-order valence-corrected chi connectivity index (χ2v) is 5.54. The quantitative estimate of drug-likeness (QED) is 0.915. The lowest BCUT2D eigenvalue weighted by Crippen LogP contribution is -2.39. The Morgan fingerprint density at radius 3 is 2.78 bits per heavy atom. The van der Waals surface area contributed by atoms with Crippen molar-refractivity contribution in [1.29, 1.82) is 0 Å². The number of hydrogen-bond donors (Lipinski definition) is 1. The van der Waals surface area contributed by atoms with Gasteiger partial charge in [-0.2, -0.15) is 0 Å². The first-order chi connectivity index (χ1) is 11.1. The topological polar surface area (TPSA) is 81.3 Å². The first kappa shape index (κ1) is 13.9. The summed E-state index contributed by atoms with van der Waals surface area (Å²) in [4.78, 5) is 21.0. The van der Waals surface area contributed by atoms with Crippen molar-refractivity contribution in [1.82, 2.24) is 9.97 Å². The van der Waals surface area contributed by atoms with Crippen LogP contribution in [0.15, 0.2) is 30.7 Å². The third kappa shape index (κ3) is 2.01. The molecule has 1 aliphatic carbocycles. The van der Waals surface area contributed by atoms with Gasteiger partial charge in [0, 0.05) is 23.6 Å². The first-order valence-electron chi connectivity index (χ1n) is 7.05. The van der Waals surface area contributed by atoms with Crippen molar-refractivity contribution < 1.29 is 18.3 Å². The van der Waals surface area contributed by atoms with E-state index in [2.05, 4.69) is 9.97 Å². The van der Waals surface area contributed by atoms with Crippen molar-refractivity contribution in [2.75, 3.05) is 11.5 Å². The predicted molar refractivity (Wildman–Crippen MR) is 76.0 cm³/mol. The van der Waals surface area contributed by atoms with Crippen LogP contribution in [0.1, 0.15) is 11.5 Å². The first-order valence-corrected chi connectivity index (χ1v) is 7.05. The number of halogens is 2. The lowest BCUT2D eigenvalue weighted by molar-refractivity contribution is 0.250. The molecule has 8 heteroatoms. The lowest BCUT2D eigenvalue weighted by Gasteiger charge is -2.19. The van der Waals surface area contributed by atoms with Gasteiger partial charge in [0.05, 0.1) is 12.6 Å². The third-order valence-corrected chi connectivity index (χ3v) is 4.32. The number of benzene rings is 1. The van der Waals surface area contributed by atoms with Crippen molar-refractivity contribution in [2.24, 2.45) is 11.7 Å². The van der Waals surface area contributed by atoms with Crippen molar-refractivity contribution in [2.45, 2.75) is 12.0 Å². The minimum Gasteiger partial charge on any atom is -0.490 e. The normalized spacial score (nSPS) is 24.2. The van der Waals surface area contributed by atoms with E-state index in [1.807, 2.05) is 0 Å². The van der Waals surface area contributed by atoms with Crippen LogP contribution in [0.4, 0.5) is 19.4 Å².